The van der Waals surface area contributed by atoms with Crippen molar-refractivity contribution in [1.29, 1.82) is 0 Å². The molecule has 2 amide bonds. The number of carbonyl (C=O) groups is 2. The molecule has 0 heterocycles. The van der Waals surface area contributed by atoms with Crippen LogP contribution >= 0.6 is 27.5 Å². The summed E-state index contributed by atoms with van der Waals surface area (Å²) in [5.41, 5.74) is 2.87. The van der Waals surface area contributed by atoms with E-state index >= 15 is 0 Å². The number of nitrogens with one attached hydrogen (secondary N) is 1. The van der Waals surface area contributed by atoms with Gasteiger partial charge in [-0.05, 0) is 62.7 Å². The van der Waals surface area contributed by atoms with Crippen LogP contribution in [0.3, 0.4) is 0 Å². The zero-order valence-electron chi connectivity index (χ0n) is 23.2. The van der Waals surface area contributed by atoms with E-state index in [2.05, 4.69) is 48.9 Å². The van der Waals surface area contributed by atoms with Gasteiger partial charge in [-0.1, -0.05) is 100 Å². The molecule has 0 unspecified atom stereocenters. The molecule has 1 N–H and O–H groups in total. The molecule has 0 aromatic heterocycles. The van der Waals surface area contributed by atoms with Crippen molar-refractivity contribution in [2.75, 3.05) is 13.2 Å². The molecule has 39 heavy (non-hydrogen) atoms. The van der Waals surface area contributed by atoms with Crippen LogP contribution in [-0.4, -0.2) is 35.9 Å². The van der Waals surface area contributed by atoms with Gasteiger partial charge < -0.3 is 15.0 Å². The maximum Gasteiger partial charge on any atom is 0.261 e. The highest BCUT2D eigenvalue weighted by atomic mass is 79.9. The minimum absolute atomic E-state index is 0.0155. The van der Waals surface area contributed by atoms with Crippen molar-refractivity contribution >= 4 is 39.3 Å². The smallest absolute Gasteiger partial charge is 0.261 e. The van der Waals surface area contributed by atoms with Crippen LogP contribution in [0.5, 0.6) is 5.75 Å². The number of halogens is 2. The molecule has 1 atom stereocenters. The van der Waals surface area contributed by atoms with E-state index < -0.39 is 6.04 Å². The zero-order valence-corrected chi connectivity index (χ0v) is 25.5. The normalized spacial score (nSPS) is 12.1. The molecular formula is C32H38BrClN2O3. The minimum Gasteiger partial charge on any atom is -0.483 e. The van der Waals surface area contributed by atoms with Crippen molar-refractivity contribution in [2.24, 2.45) is 0 Å². The summed E-state index contributed by atoms with van der Waals surface area (Å²) in [6, 6.07) is 22.3. The van der Waals surface area contributed by atoms with Crippen molar-refractivity contribution in [3.8, 4) is 5.75 Å². The fourth-order valence-electron chi connectivity index (χ4n) is 4.18. The first-order valence-corrected chi connectivity index (χ1v) is 14.5. The second kappa shape index (κ2) is 14.5. The first-order valence-electron chi connectivity index (χ1n) is 13.4. The topological polar surface area (TPSA) is 58.6 Å². The van der Waals surface area contributed by atoms with Crippen molar-refractivity contribution in [3.63, 3.8) is 0 Å². The lowest BCUT2D eigenvalue weighted by Crippen LogP contribution is -2.51. The Morgan fingerprint density at radius 3 is 2.36 bits per heavy atom. The van der Waals surface area contributed by atoms with E-state index in [0.29, 0.717) is 23.7 Å². The number of hydrogen-bond donors (Lipinski definition) is 1. The SMILES string of the molecule is CCCCNC(=O)[C@H](Cc1ccccc1)N(Cc1ccccc1Cl)C(=O)COc1ccc(C(C)(C)C)cc1Br. The number of carbonyl (C=O) groups excluding carboxylic acids is 2. The molecule has 0 saturated heterocycles. The van der Waals surface area contributed by atoms with Crippen molar-refractivity contribution in [2.45, 2.75) is 65.0 Å². The Bertz CT molecular complexity index is 1240. The van der Waals surface area contributed by atoms with Gasteiger partial charge in [0.25, 0.3) is 5.91 Å². The maximum absolute atomic E-state index is 13.8. The van der Waals surface area contributed by atoms with E-state index in [1.54, 1.807) is 11.0 Å². The lowest BCUT2D eigenvalue weighted by Gasteiger charge is -2.32. The zero-order chi connectivity index (χ0) is 28.4. The molecule has 0 saturated carbocycles. The Balaban J connectivity index is 1.90. The predicted octanol–water partition coefficient (Wildman–Crippen LogP) is 7.34. The summed E-state index contributed by atoms with van der Waals surface area (Å²) >= 11 is 10.1. The molecule has 0 aliphatic rings. The summed E-state index contributed by atoms with van der Waals surface area (Å²) in [6.45, 7) is 9.02. The molecule has 3 aromatic rings. The lowest BCUT2D eigenvalue weighted by molar-refractivity contribution is -0.142. The Labute approximate surface area is 246 Å². The predicted molar refractivity (Wildman–Crippen MR) is 162 cm³/mol. The molecule has 0 aliphatic heterocycles. The summed E-state index contributed by atoms with van der Waals surface area (Å²) in [6.07, 6.45) is 2.20. The van der Waals surface area contributed by atoms with Crippen LogP contribution in [0.15, 0.2) is 77.3 Å². The molecule has 0 radical (unpaired) electrons. The molecule has 0 bridgehead atoms. The molecule has 208 valence electrons. The number of ether oxygens (including phenoxy) is 1. The first-order chi connectivity index (χ1) is 18.6. The molecule has 3 aromatic carbocycles. The monoisotopic (exact) mass is 612 g/mol. The largest absolute Gasteiger partial charge is 0.483 e. The summed E-state index contributed by atoms with van der Waals surface area (Å²) in [5, 5.41) is 3.57. The van der Waals surface area contributed by atoms with E-state index in [4.69, 9.17) is 16.3 Å². The average molecular weight is 614 g/mol. The minimum atomic E-state index is -0.733. The van der Waals surface area contributed by atoms with E-state index in [0.717, 1.165) is 34.0 Å². The number of unbranched alkanes of at least 4 members (excludes halogenated alkanes) is 1. The van der Waals surface area contributed by atoms with Gasteiger partial charge in [-0.25, -0.2) is 0 Å². The number of rotatable bonds is 12. The Hall–Kier alpha value is -2.83. The molecule has 0 aliphatic carbocycles. The van der Waals surface area contributed by atoms with Crippen LogP contribution in [0.2, 0.25) is 5.02 Å². The van der Waals surface area contributed by atoms with Crippen LogP contribution in [0, 0.1) is 0 Å². The van der Waals surface area contributed by atoms with Gasteiger partial charge in [0.2, 0.25) is 5.91 Å². The fraction of sp³-hybridized carbons (Fsp3) is 0.375. The number of hydrogen-bond acceptors (Lipinski definition) is 3. The summed E-state index contributed by atoms with van der Waals surface area (Å²) in [5.74, 6) is 0.0813. The van der Waals surface area contributed by atoms with E-state index in [1.807, 2.05) is 66.7 Å². The first kappa shape index (κ1) is 30.7. The average Bonchev–Trinajstić information content (AvgIpc) is 2.91. The lowest BCUT2D eigenvalue weighted by atomic mass is 9.87. The van der Waals surface area contributed by atoms with Crippen molar-refractivity contribution in [3.05, 3.63) is 99.0 Å². The van der Waals surface area contributed by atoms with Gasteiger partial charge in [-0.15, -0.1) is 0 Å². The van der Waals surface area contributed by atoms with Crippen molar-refractivity contribution < 1.29 is 14.3 Å². The van der Waals surface area contributed by atoms with Crippen LogP contribution in [0.4, 0.5) is 0 Å². The standard InChI is InChI=1S/C32H38BrClN2O3/c1-5-6-18-35-31(38)28(19-23-12-8-7-9-13-23)36(21-24-14-10-11-15-27(24)34)30(37)22-39-29-17-16-25(20-26(29)33)32(2,3)4/h7-17,20,28H,5-6,18-19,21-22H2,1-4H3,(H,35,38)/t28-/m0/s1. The highest BCUT2D eigenvalue weighted by molar-refractivity contribution is 9.10. The Morgan fingerprint density at radius 2 is 1.72 bits per heavy atom. The van der Waals surface area contributed by atoms with E-state index in [-0.39, 0.29) is 30.4 Å². The van der Waals surface area contributed by atoms with Crippen molar-refractivity contribution in [1.82, 2.24) is 10.2 Å². The molecule has 3 rings (SSSR count). The summed E-state index contributed by atoms with van der Waals surface area (Å²) in [4.78, 5) is 28.9. The molecule has 0 spiro atoms. The van der Waals surface area contributed by atoms with Crippen LogP contribution in [0.25, 0.3) is 0 Å². The maximum atomic E-state index is 13.8. The van der Waals surface area contributed by atoms with Crippen LogP contribution in [-0.2, 0) is 28.0 Å². The van der Waals surface area contributed by atoms with Gasteiger partial charge in [-0.2, -0.15) is 0 Å². The number of nitrogens with zero attached hydrogens (tertiary/aromatic N) is 1. The molecule has 5 nitrogen and oxygen atoms in total. The third-order valence-electron chi connectivity index (χ3n) is 6.55. The van der Waals surface area contributed by atoms with Crippen LogP contribution < -0.4 is 10.1 Å². The summed E-state index contributed by atoms with van der Waals surface area (Å²) in [7, 11) is 0. The molecule has 7 heteroatoms. The summed E-state index contributed by atoms with van der Waals surface area (Å²) < 4.78 is 6.77. The Morgan fingerprint density at radius 1 is 1.03 bits per heavy atom. The van der Waals surface area contributed by atoms with E-state index in [1.165, 1.54) is 0 Å². The van der Waals surface area contributed by atoms with Crippen LogP contribution in [0.1, 0.15) is 57.2 Å². The van der Waals surface area contributed by atoms with Gasteiger partial charge >= 0.3 is 0 Å². The van der Waals surface area contributed by atoms with Gasteiger partial charge in [0.1, 0.15) is 11.8 Å². The molecular weight excluding hydrogens is 576 g/mol. The second-order valence-electron chi connectivity index (χ2n) is 10.6. The van der Waals surface area contributed by atoms with Gasteiger partial charge in [0.05, 0.1) is 4.47 Å². The van der Waals surface area contributed by atoms with Gasteiger partial charge in [0.15, 0.2) is 6.61 Å². The Kier molecular flexibility index (Phi) is 11.4. The highest BCUT2D eigenvalue weighted by Gasteiger charge is 2.31. The van der Waals surface area contributed by atoms with Gasteiger partial charge in [0, 0.05) is 24.5 Å². The highest BCUT2D eigenvalue weighted by Crippen LogP contribution is 2.31. The third kappa shape index (κ3) is 9.11. The quantitative estimate of drug-likeness (QED) is 0.218. The molecule has 0 fully saturated rings. The van der Waals surface area contributed by atoms with E-state index in [9.17, 15) is 9.59 Å². The number of amides is 2. The number of benzene rings is 3. The fourth-order valence-corrected chi connectivity index (χ4v) is 4.87. The second-order valence-corrected chi connectivity index (χ2v) is 11.9. The third-order valence-corrected chi connectivity index (χ3v) is 7.54. The van der Waals surface area contributed by atoms with Gasteiger partial charge in [-0.3, -0.25) is 9.59 Å².